The van der Waals surface area contributed by atoms with Crippen molar-refractivity contribution in [2.24, 2.45) is 5.10 Å². The molecule has 6 nitrogen and oxygen atoms in total. The van der Waals surface area contributed by atoms with Gasteiger partial charge in [-0.15, -0.1) is 11.3 Å². The van der Waals surface area contributed by atoms with Gasteiger partial charge in [-0.25, -0.2) is 10.4 Å². The zero-order chi connectivity index (χ0) is 26.9. The second kappa shape index (κ2) is 10.8. The molecule has 0 spiro atoms. The molecule has 1 amide bonds. The number of hydrogen-bond acceptors (Lipinski definition) is 6. The molecule has 1 aliphatic carbocycles. The number of carbonyl (C=O) groups excluding carboxylic acids is 1. The van der Waals surface area contributed by atoms with E-state index in [4.69, 9.17) is 4.98 Å². The summed E-state index contributed by atoms with van der Waals surface area (Å²) in [7, 11) is 0. The molecule has 1 N–H and O–H groups in total. The van der Waals surface area contributed by atoms with Crippen LogP contribution in [0.5, 0.6) is 0 Å². The lowest BCUT2D eigenvalue weighted by Gasteiger charge is -2.13. The van der Waals surface area contributed by atoms with Crippen LogP contribution in [0.4, 0.5) is 0 Å². The predicted octanol–water partition coefficient (Wildman–Crippen LogP) is 6.42. The number of hydrazone groups is 1. The van der Waals surface area contributed by atoms with E-state index in [2.05, 4.69) is 34.8 Å². The lowest BCUT2D eigenvalue weighted by molar-refractivity contribution is -0.118. The molecule has 0 saturated carbocycles. The van der Waals surface area contributed by atoms with Gasteiger partial charge in [-0.1, -0.05) is 65.9 Å². The summed E-state index contributed by atoms with van der Waals surface area (Å²) in [5.41, 5.74) is 7.31. The van der Waals surface area contributed by atoms with Gasteiger partial charge in [-0.3, -0.25) is 14.2 Å². The van der Waals surface area contributed by atoms with Gasteiger partial charge in [0.25, 0.3) is 11.5 Å². The van der Waals surface area contributed by atoms with E-state index in [0.717, 1.165) is 74.8 Å². The second-order valence-electron chi connectivity index (χ2n) is 9.84. The largest absolute Gasteiger partial charge is 0.272 e. The zero-order valence-corrected chi connectivity index (χ0v) is 23.5. The van der Waals surface area contributed by atoms with Crippen LogP contribution in [0.3, 0.4) is 0 Å². The van der Waals surface area contributed by atoms with Gasteiger partial charge in [0.2, 0.25) is 0 Å². The Hall–Kier alpha value is -3.75. The van der Waals surface area contributed by atoms with Crippen molar-refractivity contribution < 1.29 is 4.79 Å². The van der Waals surface area contributed by atoms with Crippen LogP contribution >= 0.6 is 23.1 Å². The van der Waals surface area contributed by atoms with Crippen LogP contribution in [-0.4, -0.2) is 26.9 Å². The van der Waals surface area contributed by atoms with E-state index in [-0.39, 0.29) is 17.2 Å². The smallest absolute Gasteiger partial charge is 0.267 e. The number of hydrogen-bond donors (Lipinski definition) is 1. The topological polar surface area (TPSA) is 76.3 Å². The Labute approximate surface area is 234 Å². The van der Waals surface area contributed by atoms with E-state index < -0.39 is 0 Å². The molecule has 39 heavy (non-hydrogen) atoms. The molecule has 196 valence electrons. The zero-order valence-electron chi connectivity index (χ0n) is 21.9. The molecule has 1 aliphatic rings. The Bertz CT molecular complexity index is 1800. The molecule has 0 radical (unpaired) electrons. The molecule has 0 unspecified atom stereocenters. The molecule has 0 aliphatic heterocycles. The van der Waals surface area contributed by atoms with Crippen molar-refractivity contribution in [1.82, 2.24) is 15.0 Å². The van der Waals surface area contributed by atoms with Gasteiger partial charge in [-0.05, 0) is 79.6 Å². The molecule has 6 rings (SSSR count). The highest BCUT2D eigenvalue weighted by atomic mass is 32.2. The lowest BCUT2D eigenvalue weighted by Crippen LogP contribution is -2.24. The van der Waals surface area contributed by atoms with E-state index in [1.807, 2.05) is 56.3 Å². The molecular weight excluding hydrogens is 525 g/mol. The first-order chi connectivity index (χ1) is 19.0. The third kappa shape index (κ3) is 5.14. The van der Waals surface area contributed by atoms with Crippen LogP contribution in [0.25, 0.3) is 26.7 Å². The number of thiophene rings is 1. The van der Waals surface area contributed by atoms with Crippen LogP contribution in [0.15, 0.2) is 81.8 Å². The summed E-state index contributed by atoms with van der Waals surface area (Å²) in [6.07, 6.45) is 4.16. The second-order valence-corrected chi connectivity index (χ2v) is 11.9. The van der Waals surface area contributed by atoms with Crippen LogP contribution in [0.1, 0.15) is 41.3 Å². The average Bonchev–Trinajstić information content (AvgIpc) is 3.34. The van der Waals surface area contributed by atoms with Crippen molar-refractivity contribution in [3.63, 3.8) is 0 Å². The number of nitrogens with one attached hydrogen (secondary N) is 1. The van der Waals surface area contributed by atoms with Gasteiger partial charge >= 0.3 is 0 Å². The summed E-state index contributed by atoms with van der Waals surface area (Å²) in [5, 5.41) is 7.86. The minimum atomic E-state index is -0.254. The number of amides is 1. The van der Waals surface area contributed by atoms with Crippen molar-refractivity contribution in [1.29, 1.82) is 0 Å². The first-order valence-electron chi connectivity index (χ1n) is 13.1. The van der Waals surface area contributed by atoms with E-state index in [1.54, 1.807) is 15.9 Å². The van der Waals surface area contributed by atoms with E-state index in [0.29, 0.717) is 5.16 Å². The highest BCUT2D eigenvalue weighted by molar-refractivity contribution is 7.99. The molecule has 2 heterocycles. The summed E-state index contributed by atoms with van der Waals surface area (Å²) in [5.74, 6) is -0.168. The quantitative estimate of drug-likeness (QED) is 0.114. The maximum absolute atomic E-state index is 13.9. The van der Waals surface area contributed by atoms with Crippen LogP contribution in [-0.2, 0) is 17.6 Å². The fourth-order valence-electron chi connectivity index (χ4n) is 4.99. The number of thioether (sulfide) groups is 1. The number of fused-ring (bicyclic) bond motifs is 4. The number of carbonyl (C=O) groups is 1. The Morgan fingerprint density at radius 2 is 1.82 bits per heavy atom. The lowest BCUT2D eigenvalue weighted by atomic mass is 9.97. The molecule has 0 fully saturated rings. The third-order valence-electron chi connectivity index (χ3n) is 7.10. The minimum Gasteiger partial charge on any atom is -0.272 e. The predicted molar refractivity (Wildman–Crippen MR) is 162 cm³/mol. The molecule has 0 atom stereocenters. The molecule has 0 bridgehead atoms. The molecular formula is C31H28N4O2S2. The summed E-state index contributed by atoms with van der Waals surface area (Å²) < 4.78 is 1.66. The van der Waals surface area contributed by atoms with E-state index >= 15 is 0 Å². The Morgan fingerprint density at radius 3 is 2.64 bits per heavy atom. The normalized spacial score (nSPS) is 13.5. The number of rotatable bonds is 6. The van der Waals surface area contributed by atoms with Gasteiger partial charge in [0, 0.05) is 4.88 Å². The molecule has 3 aromatic carbocycles. The first-order valence-corrected chi connectivity index (χ1v) is 14.9. The molecule has 8 heteroatoms. The van der Waals surface area contributed by atoms with Gasteiger partial charge < -0.3 is 0 Å². The highest BCUT2D eigenvalue weighted by Crippen LogP contribution is 2.35. The minimum absolute atomic E-state index is 0.0590. The van der Waals surface area contributed by atoms with Crippen molar-refractivity contribution in [3.05, 3.63) is 98.7 Å². The maximum atomic E-state index is 13.9. The van der Waals surface area contributed by atoms with E-state index in [9.17, 15) is 9.59 Å². The standard InChI is InChI=1S/C31H28N4O2S2/c1-19-11-15-24(16-12-19)35-30(37)28-25-9-5-6-10-26(25)39-29(28)32-31(35)38-18-27(36)34-33-20(2)22-14-13-21-7-3-4-8-23(21)17-22/h3-4,7-8,11-17H,5-6,9-10,18H2,1-2H3,(H,34,36)/b33-20+. The fourth-order valence-corrected chi connectivity index (χ4v) is 7.10. The SMILES string of the molecule is C/C(=N\NC(=O)CSc1nc2sc3c(c2c(=O)n1-c1ccc(C)cc1)CCCC3)c1ccc2ccccc2c1. The fraction of sp³-hybridized carbons (Fsp3) is 0.226. The summed E-state index contributed by atoms with van der Waals surface area (Å²) in [6, 6.07) is 22.1. The monoisotopic (exact) mass is 552 g/mol. The van der Waals surface area contributed by atoms with Crippen LogP contribution in [0, 0.1) is 6.92 Å². The van der Waals surface area contributed by atoms with Crippen molar-refractivity contribution in [2.45, 2.75) is 44.7 Å². The van der Waals surface area contributed by atoms with Gasteiger partial charge in [0.1, 0.15) is 4.83 Å². The van der Waals surface area contributed by atoms with E-state index in [1.165, 1.54) is 16.6 Å². The van der Waals surface area contributed by atoms with Gasteiger partial charge in [0.05, 0.1) is 22.5 Å². The van der Waals surface area contributed by atoms with Crippen molar-refractivity contribution >= 4 is 55.7 Å². The van der Waals surface area contributed by atoms with Gasteiger partial charge in [-0.2, -0.15) is 5.10 Å². The van der Waals surface area contributed by atoms with Crippen LogP contribution in [0.2, 0.25) is 0 Å². The Kier molecular flexibility index (Phi) is 7.06. The number of aryl methyl sites for hydroxylation is 3. The highest BCUT2D eigenvalue weighted by Gasteiger charge is 2.23. The number of nitrogens with zero attached hydrogens (tertiary/aromatic N) is 3. The van der Waals surface area contributed by atoms with Crippen LogP contribution < -0.4 is 11.0 Å². The van der Waals surface area contributed by atoms with Gasteiger partial charge in [0.15, 0.2) is 5.16 Å². The summed E-state index contributed by atoms with van der Waals surface area (Å²) in [6.45, 7) is 3.89. The van der Waals surface area contributed by atoms with Crippen molar-refractivity contribution in [3.8, 4) is 5.69 Å². The number of aromatic nitrogens is 2. The summed E-state index contributed by atoms with van der Waals surface area (Å²) in [4.78, 5) is 33.6. The first kappa shape index (κ1) is 25.5. The molecule has 0 saturated heterocycles. The maximum Gasteiger partial charge on any atom is 0.267 e. The summed E-state index contributed by atoms with van der Waals surface area (Å²) >= 11 is 2.88. The molecule has 2 aromatic heterocycles. The average molecular weight is 553 g/mol. The third-order valence-corrected chi connectivity index (χ3v) is 9.22. The molecule has 5 aromatic rings. The Morgan fingerprint density at radius 1 is 1.05 bits per heavy atom. The number of benzene rings is 3. The van der Waals surface area contributed by atoms with Crippen molar-refractivity contribution in [2.75, 3.05) is 5.75 Å². The Balaban J connectivity index is 1.26.